The minimum absolute atomic E-state index is 0.0841. The van der Waals surface area contributed by atoms with E-state index < -0.39 is 29.4 Å². The smallest absolute Gasteiger partial charge is 0.419 e. The molecule has 1 saturated carbocycles. The molecule has 1 atom stereocenters. The van der Waals surface area contributed by atoms with Crippen LogP contribution in [0.1, 0.15) is 61.3 Å². The van der Waals surface area contributed by atoms with Crippen molar-refractivity contribution in [1.29, 1.82) is 0 Å². The molecule has 1 aliphatic carbocycles. The van der Waals surface area contributed by atoms with E-state index >= 15 is 0 Å². The first kappa shape index (κ1) is 25.4. The van der Waals surface area contributed by atoms with Gasteiger partial charge in [0.1, 0.15) is 5.82 Å². The summed E-state index contributed by atoms with van der Waals surface area (Å²) in [6, 6.07) is 7.17. The first-order chi connectivity index (χ1) is 17.0. The Kier molecular flexibility index (Phi) is 6.88. The second-order valence-electron chi connectivity index (χ2n) is 9.11. The summed E-state index contributed by atoms with van der Waals surface area (Å²) in [7, 11) is 0. The molecule has 10 heteroatoms. The number of hydrogen-bond acceptors (Lipinski definition) is 3. The van der Waals surface area contributed by atoms with Crippen molar-refractivity contribution in [3.05, 3.63) is 75.5 Å². The van der Waals surface area contributed by atoms with E-state index in [9.17, 15) is 31.9 Å². The van der Waals surface area contributed by atoms with Gasteiger partial charge in [-0.05, 0) is 67.5 Å². The van der Waals surface area contributed by atoms with Gasteiger partial charge in [0.2, 0.25) is 5.91 Å². The van der Waals surface area contributed by atoms with Gasteiger partial charge in [0.05, 0.1) is 17.7 Å². The van der Waals surface area contributed by atoms with Crippen LogP contribution in [-0.4, -0.2) is 21.6 Å². The van der Waals surface area contributed by atoms with Crippen LogP contribution in [0.2, 0.25) is 0 Å². The van der Waals surface area contributed by atoms with E-state index in [-0.39, 0.29) is 42.3 Å². The fourth-order valence-corrected chi connectivity index (χ4v) is 4.32. The number of carboxylic acid groups (broad SMARTS) is 1. The molecule has 2 aromatic carbocycles. The topological polar surface area (TPSA) is 88.4 Å². The van der Waals surface area contributed by atoms with Crippen molar-refractivity contribution in [3.63, 3.8) is 0 Å². The number of hydrogen-bond donors (Lipinski definition) is 2. The van der Waals surface area contributed by atoms with E-state index in [1.165, 1.54) is 4.57 Å². The highest BCUT2D eigenvalue weighted by Gasteiger charge is 2.34. The molecule has 1 aromatic heterocycles. The van der Waals surface area contributed by atoms with Gasteiger partial charge in [0, 0.05) is 29.4 Å². The molecule has 4 rings (SSSR count). The van der Waals surface area contributed by atoms with Crippen LogP contribution in [0, 0.1) is 5.82 Å². The van der Waals surface area contributed by atoms with Gasteiger partial charge in [-0.3, -0.25) is 14.4 Å². The minimum atomic E-state index is -4.83. The molecule has 0 spiro atoms. The molecule has 0 saturated heterocycles. The lowest BCUT2D eigenvalue weighted by atomic mass is 10.0. The lowest BCUT2D eigenvalue weighted by molar-refractivity contribution is -0.140. The third kappa shape index (κ3) is 5.42. The Labute approximate surface area is 203 Å². The molecule has 0 unspecified atom stereocenters. The third-order valence-electron chi connectivity index (χ3n) is 6.38. The molecule has 190 valence electrons. The number of aromatic nitrogens is 1. The normalized spacial score (nSPS) is 14.6. The number of anilines is 1. The van der Waals surface area contributed by atoms with Gasteiger partial charge < -0.3 is 15.0 Å². The summed E-state index contributed by atoms with van der Waals surface area (Å²) < 4.78 is 53.9. The van der Waals surface area contributed by atoms with Crippen LogP contribution < -0.4 is 10.9 Å². The van der Waals surface area contributed by atoms with E-state index in [0.717, 1.165) is 24.5 Å². The highest BCUT2D eigenvalue weighted by Crippen LogP contribution is 2.45. The molecule has 1 aliphatic rings. The van der Waals surface area contributed by atoms with Gasteiger partial charge in [-0.25, -0.2) is 4.39 Å². The Morgan fingerprint density at radius 2 is 1.86 bits per heavy atom. The number of aliphatic carboxylic acids is 1. The number of amides is 1. The van der Waals surface area contributed by atoms with Gasteiger partial charge >= 0.3 is 12.1 Å². The number of nitrogens with one attached hydrogen (secondary N) is 1. The van der Waals surface area contributed by atoms with E-state index in [1.807, 2.05) is 0 Å². The van der Waals surface area contributed by atoms with Gasteiger partial charge in [-0.1, -0.05) is 12.1 Å². The van der Waals surface area contributed by atoms with Gasteiger partial charge in [0.25, 0.3) is 5.56 Å². The van der Waals surface area contributed by atoms with Crippen LogP contribution in [0.25, 0.3) is 10.8 Å². The molecule has 1 amide bonds. The predicted octanol–water partition coefficient (Wildman–Crippen LogP) is 5.64. The van der Waals surface area contributed by atoms with Gasteiger partial charge in [-0.2, -0.15) is 13.2 Å². The number of carbonyl (C=O) groups is 2. The van der Waals surface area contributed by atoms with Crippen molar-refractivity contribution < 1.29 is 32.3 Å². The monoisotopic (exact) mass is 504 g/mol. The van der Waals surface area contributed by atoms with Crippen LogP contribution in [0.3, 0.4) is 0 Å². The maximum Gasteiger partial charge on any atom is 0.419 e. The van der Waals surface area contributed by atoms with Crippen molar-refractivity contribution in [3.8, 4) is 0 Å². The number of rotatable bonds is 8. The summed E-state index contributed by atoms with van der Waals surface area (Å²) in [5.41, 5.74) is -0.334. The summed E-state index contributed by atoms with van der Waals surface area (Å²) in [5, 5.41) is 12.6. The Hall–Kier alpha value is -3.69. The van der Waals surface area contributed by atoms with E-state index in [2.05, 4.69) is 5.32 Å². The second-order valence-corrected chi connectivity index (χ2v) is 9.11. The van der Waals surface area contributed by atoms with Crippen LogP contribution >= 0.6 is 0 Å². The SMILES string of the molecule is C[C@H](CCC(=O)O)n1ccc2c(NC(=O)Cc3ccc(C(F)(F)F)c(F)c3)c(C3CC3)ccc2c1=O. The molecule has 3 aromatic rings. The Balaban J connectivity index is 1.64. The standard InChI is InChI=1S/C26H24F4N2O4/c1-14(2-9-23(34)35)32-11-10-18-19(25(32)36)7-6-17(16-4-5-16)24(18)31-22(33)13-15-3-8-20(21(27)12-15)26(28,29)30/h3,6-8,10-12,14,16H,2,4-5,9,13H2,1H3,(H,31,33)(H,34,35)/t14-/m1/s1. The average Bonchev–Trinajstić information content (AvgIpc) is 3.62. The van der Waals surface area contributed by atoms with E-state index in [4.69, 9.17) is 5.11 Å². The summed E-state index contributed by atoms with van der Waals surface area (Å²) in [4.78, 5) is 36.9. The van der Waals surface area contributed by atoms with Gasteiger partial charge in [-0.15, -0.1) is 0 Å². The zero-order valence-corrected chi connectivity index (χ0v) is 19.4. The average molecular weight is 504 g/mol. The molecule has 0 bridgehead atoms. The number of nitrogens with zero attached hydrogens (tertiary/aromatic N) is 1. The zero-order valence-electron chi connectivity index (χ0n) is 19.4. The minimum Gasteiger partial charge on any atom is -0.481 e. The first-order valence-electron chi connectivity index (χ1n) is 11.5. The highest BCUT2D eigenvalue weighted by atomic mass is 19.4. The third-order valence-corrected chi connectivity index (χ3v) is 6.38. The quantitative estimate of drug-likeness (QED) is 0.389. The number of carboxylic acids is 1. The summed E-state index contributed by atoms with van der Waals surface area (Å²) in [5.74, 6) is -2.75. The van der Waals surface area contributed by atoms with Crippen molar-refractivity contribution >= 4 is 28.3 Å². The number of benzene rings is 2. The number of pyridine rings is 1. The van der Waals surface area contributed by atoms with Crippen molar-refractivity contribution in [1.82, 2.24) is 4.57 Å². The van der Waals surface area contributed by atoms with Crippen LogP contribution in [0.15, 0.2) is 47.4 Å². The number of halogens is 4. The number of carbonyl (C=O) groups excluding carboxylic acids is 1. The maximum atomic E-state index is 13.9. The molecule has 1 heterocycles. The molecule has 0 radical (unpaired) electrons. The molecular formula is C26H24F4N2O4. The molecule has 6 nitrogen and oxygen atoms in total. The van der Waals surface area contributed by atoms with Crippen LogP contribution in [-0.2, 0) is 22.2 Å². The number of fused-ring (bicyclic) bond motifs is 1. The maximum absolute atomic E-state index is 13.9. The van der Waals surface area contributed by atoms with Crippen molar-refractivity contribution in [2.45, 2.75) is 57.2 Å². The van der Waals surface area contributed by atoms with Crippen LogP contribution in [0.5, 0.6) is 0 Å². The molecule has 36 heavy (non-hydrogen) atoms. The second kappa shape index (κ2) is 9.75. The summed E-state index contributed by atoms with van der Waals surface area (Å²) in [6.07, 6.45) is -1.59. The summed E-state index contributed by atoms with van der Waals surface area (Å²) >= 11 is 0. The Morgan fingerprint density at radius 1 is 1.14 bits per heavy atom. The van der Waals surface area contributed by atoms with Crippen molar-refractivity contribution in [2.75, 3.05) is 5.32 Å². The zero-order chi connectivity index (χ0) is 26.2. The van der Waals surface area contributed by atoms with Crippen LogP contribution in [0.4, 0.5) is 23.2 Å². The van der Waals surface area contributed by atoms with Crippen molar-refractivity contribution in [2.24, 2.45) is 0 Å². The largest absolute Gasteiger partial charge is 0.481 e. The van der Waals surface area contributed by atoms with E-state index in [1.54, 1.807) is 31.3 Å². The van der Waals surface area contributed by atoms with E-state index in [0.29, 0.717) is 28.6 Å². The lowest BCUT2D eigenvalue weighted by Gasteiger charge is -2.18. The van der Waals surface area contributed by atoms with Gasteiger partial charge in [0.15, 0.2) is 0 Å². The molecular weight excluding hydrogens is 480 g/mol. The number of alkyl halides is 3. The summed E-state index contributed by atoms with van der Waals surface area (Å²) in [6.45, 7) is 1.75. The highest BCUT2D eigenvalue weighted by molar-refractivity contribution is 6.04. The first-order valence-corrected chi connectivity index (χ1v) is 11.5. The Bertz CT molecular complexity index is 1390. The lowest BCUT2D eigenvalue weighted by Crippen LogP contribution is -2.24. The molecule has 0 aliphatic heterocycles. The Morgan fingerprint density at radius 3 is 2.47 bits per heavy atom. The molecule has 2 N–H and O–H groups in total. The fourth-order valence-electron chi connectivity index (χ4n) is 4.32. The fraction of sp³-hybridized carbons (Fsp3) is 0.346. The molecule has 1 fully saturated rings. The predicted molar refractivity (Wildman–Crippen MR) is 125 cm³/mol.